The molecule has 0 radical (unpaired) electrons. The smallest absolute Gasteiger partial charge is 0.0239 e. The van der Waals surface area contributed by atoms with Gasteiger partial charge in [-0.2, -0.15) is 0 Å². The highest BCUT2D eigenvalue weighted by Crippen LogP contribution is 2.21. The zero-order chi connectivity index (χ0) is 11.7. The topological polar surface area (TPSA) is 9.72 Å². The Morgan fingerprint density at radius 3 is 2.38 bits per heavy atom. The normalized spacial score (nSPS) is 35.1. The molecule has 3 heteroatoms. The van der Waals surface area contributed by atoms with E-state index in [9.17, 15) is 0 Å². The second kappa shape index (κ2) is 5.03. The zero-order valence-electron chi connectivity index (χ0n) is 11.3. The molecule has 0 spiro atoms. The van der Waals surface area contributed by atoms with Crippen LogP contribution in [0.3, 0.4) is 0 Å². The van der Waals surface area contributed by atoms with Gasteiger partial charge in [0.15, 0.2) is 0 Å². The maximum atomic E-state index is 2.74. The second-order valence-electron chi connectivity index (χ2n) is 5.88. The first-order valence-corrected chi connectivity index (χ1v) is 6.76. The van der Waals surface area contributed by atoms with E-state index in [1.54, 1.807) is 0 Å². The molecule has 94 valence electrons. The number of rotatable bonds is 2. The summed E-state index contributed by atoms with van der Waals surface area (Å²) in [7, 11) is 2.24. The van der Waals surface area contributed by atoms with Gasteiger partial charge in [0.2, 0.25) is 0 Å². The van der Waals surface area contributed by atoms with Gasteiger partial charge in [0, 0.05) is 50.8 Å². The van der Waals surface area contributed by atoms with Crippen LogP contribution >= 0.6 is 0 Å². The highest BCUT2D eigenvalue weighted by molar-refractivity contribution is 4.90. The summed E-state index contributed by atoms with van der Waals surface area (Å²) < 4.78 is 0. The molecule has 0 aromatic carbocycles. The predicted octanol–water partition coefficient (Wildman–Crippen LogP) is 1.10. The van der Waals surface area contributed by atoms with E-state index in [0.29, 0.717) is 6.04 Å². The van der Waals surface area contributed by atoms with Crippen molar-refractivity contribution in [1.29, 1.82) is 0 Å². The van der Waals surface area contributed by atoms with Crippen LogP contribution in [0, 0.1) is 0 Å². The van der Waals surface area contributed by atoms with Gasteiger partial charge in [-0.25, -0.2) is 0 Å². The van der Waals surface area contributed by atoms with Crippen LogP contribution in [0.15, 0.2) is 0 Å². The number of hydrogen-bond donors (Lipinski definition) is 0. The van der Waals surface area contributed by atoms with E-state index in [4.69, 9.17) is 0 Å². The predicted molar refractivity (Wildman–Crippen MR) is 68.8 cm³/mol. The van der Waals surface area contributed by atoms with Gasteiger partial charge in [-0.3, -0.25) is 9.80 Å². The van der Waals surface area contributed by atoms with Gasteiger partial charge in [0.25, 0.3) is 0 Å². The third-order valence-corrected chi connectivity index (χ3v) is 4.28. The maximum Gasteiger partial charge on any atom is 0.0239 e. The van der Waals surface area contributed by atoms with E-state index >= 15 is 0 Å². The average molecular weight is 225 g/mol. The molecule has 0 N–H and O–H groups in total. The minimum atomic E-state index is 0.716. The number of piperazine rings is 1. The number of nitrogens with zero attached hydrogens (tertiary/aromatic N) is 3. The summed E-state index contributed by atoms with van der Waals surface area (Å²) >= 11 is 0. The molecule has 2 unspecified atom stereocenters. The lowest BCUT2D eigenvalue weighted by Crippen LogP contribution is -2.55. The van der Waals surface area contributed by atoms with Crippen molar-refractivity contribution in [1.82, 2.24) is 14.7 Å². The van der Waals surface area contributed by atoms with E-state index < -0.39 is 0 Å². The van der Waals surface area contributed by atoms with Crippen molar-refractivity contribution >= 4 is 0 Å². The van der Waals surface area contributed by atoms with Crippen LogP contribution in [0.5, 0.6) is 0 Å². The Bertz CT molecular complexity index is 229. The molecular formula is C13H27N3. The molecule has 0 aromatic rings. The molecule has 2 atom stereocenters. The standard InChI is InChI=1S/C13H27N3/c1-11(2)15-6-5-13(10-15)16-8-7-14(4)9-12(16)3/h11-13H,5-10H2,1-4H3. The summed E-state index contributed by atoms with van der Waals surface area (Å²) in [5.74, 6) is 0. The first kappa shape index (κ1) is 12.3. The second-order valence-corrected chi connectivity index (χ2v) is 5.88. The maximum absolute atomic E-state index is 2.74. The molecule has 2 saturated heterocycles. The molecule has 0 aromatic heterocycles. The molecule has 3 nitrogen and oxygen atoms in total. The molecule has 16 heavy (non-hydrogen) atoms. The van der Waals surface area contributed by atoms with E-state index in [-0.39, 0.29) is 0 Å². The molecular weight excluding hydrogens is 198 g/mol. The Balaban J connectivity index is 1.89. The quantitative estimate of drug-likeness (QED) is 0.697. The molecule has 0 amide bonds. The Labute approximate surface area is 100 Å². The van der Waals surface area contributed by atoms with Crippen LogP contribution in [0.1, 0.15) is 27.2 Å². The Morgan fingerprint density at radius 2 is 1.81 bits per heavy atom. The molecule has 0 saturated carbocycles. The van der Waals surface area contributed by atoms with Gasteiger partial charge in [0.1, 0.15) is 0 Å². The molecule has 0 aliphatic carbocycles. The number of hydrogen-bond acceptors (Lipinski definition) is 3. The molecule has 0 bridgehead atoms. The van der Waals surface area contributed by atoms with Gasteiger partial charge in [-0.05, 0) is 34.2 Å². The van der Waals surface area contributed by atoms with Crippen LogP contribution in [0.2, 0.25) is 0 Å². The summed E-state index contributed by atoms with van der Waals surface area (Å²) in [6.07, 6.45) is 1.37. The highest BCUT2D eigenvalue weighted by Gasteiger charge is 2.33. The van der Waals surface area contributed by atoms with Crippen LogP contribution in [-0.4, -0.2) is 72.6 Å². The first-order chi connectivity index (χ1) is 7.58. The fourth-order valence-corrected chi connectivity index (χ4v) is 3.20. The van der Waals surface area contributed by atoms with E-state index in [2.05, 4.69) is 42.5 Å². The minimum Gasteiger partial charge on any atom is -0.304 e. The van der Waals surface area contributed by atoms with Gasteiger partial charge < -0.3 is 4.90 Å². The summed E-state index contributed by atoms with van der Waals surface area (Å²) in [6.45, 7) is 13.3. The molecule has 2 aliphatic rings. The molecule has 2 rings (SSSR count). The van der Waals surface area contributed by atoms with Gasteiger partial charge in [-0.1, -0.05) is 0 Å². The fourth-order valence-electron chi connectivity index (χ4n) is 3.20. The number of likely N-dealkylation sites (tertiary alicyclic amines) is 1. The van der Waals surface area contributed by atoms with E-state index in [0.717, 1.165) is 12.1 Å². The summed E-state index contributed by atoms with van der Waals surface area (Å²) in [5, 5.41) is 0. The monoisotopic (exact) mass is 225 g/mol. The first-order valence-electron chi connectivity index (χ1n) is 6.76. The minimum absolute atomic E-state index is 0.716. The lowest BCUT2D eigenvalue weighted by molar-refractivity contribution is 0.0622. The number of likely N-dealkylation sites (N-methyl/N-ethyl adjacent to an activating group) is 1. The van der Waals surface area contributed by atoms with Crippen LogP contribution < -0.4 is 0 Å². The van der Waals surface area contributed by atoms with Crippen molar-refractivity contribution in [2.45, 2.75) is 45.3 Å². The van der Waals surface area contributed by atoms with Crippen LogP contribution in [0.4, 0.5) is 0 Å². The summed E-state index contributed by atoms with van der Waals surface area (Å²) in [6, 6.07) is 2.26. The van der Waals surface area contributed by atoms with Gasteiger partial charge >= 0.3 is 0 Å². The Morgan fingerprint density at radius 1 is 1.06 bits per heavy atom. The van der Waals surface area contributed by atoms with Crippen molar-refractivity contribution in [3.8, 4) is 0 Å². The van der Waals surface area contributed by atoms with Crippen LogP contribution in [-0.2, 0) is 0 Å². The van der Waals surface area contributed by atoms with E-state index in [1.807, 2.05) is 0 Å². The van der Waals surface area contributed by atoms with Crippen molar-refractivity contribution < 1.29 is 0 Å². The third-order valence-electron chi connectivity index (χ3n) is 4.28. The SMILES string of the molecule is CC(C)N1CCC(N2CCN(C)CC2C)C1. The largest absolute Gasteiger partial charge is 0.304 e. The average Bonchev–Trinajstić information content (AvgIpc) is 2.66. The lowest BCUT2D eigenvalue weighted by atomic mass is 10.1. The van der Waals surface area contributed by atoms with Crippen molar-refractivity contribution in [3.05, 3.63) is 0 Å². The van der Waals surface area contributed by atoms with Crippen molar-refractivity contribution in [2.75, 3.05) is 39.8 Å². The molecule has 2 aliphatic heterocycles. The van der Waals surface area contributed by atoms with Crippen molar-refractivity contribution in [2.24, 2.45) is 0 Å². The van der Waals surface area contributed by atoms with Gasteiger partial charge in [0.05, 0.1) is 0 Å². The van der Waals surface area contributed by atoms with Crippen molar-refractivity contribution in [3.63, 3.8) is 0 Å². The van der Waals surface area contributed by atoms with E-state index in [1.165, 1.54) is 39.1 Å². The van der Waals surface area contributed by atoms with Crippen LogP contribution in [0.25, 0.3) is 0 Å². The fraction of sp³-hybridized carbons (Fsp3) is 1.00. The Kier molecular flexibility index (Phi) is 3.88. The summed E-state index contributed by atoms with van der Waals surface area (Å²) in [4.78, 5) is 7.81. The highest BCUT2D eigenvalue weighted by atomic mass is 15.3. The summed E-state index contributed by atoms with van der Waals surface area (Å²) in [5.41, 5.74) is 0. The molecule has 2 fully saturated rings. The third kappa shape index (κ3) is 2.58. The lowest BCUT2D eigenvalue weighted by Gasteiger charge is -2.41. The van der Waals surface area contributed by atoms with Gasteiger partial charge in [-0.15, -0.1) is 0 Å². The Hall–Kier alpha value is -0.120. The zero-order valence-corrected chi connectivity index (χ0v) is 11.3. The molecule has 2 heterocycles.